The Morgan fingerprint density at radius 1 is 1.20 bits per heavy atom. The molecule has 1 aliphatic rings. The van der Waals surface area contributed by atoms with E-state index in [1.54, 1.807) is 0 Å². The van der Waals surface area contributed by atoms with E-state index in [-0.39, 0.29) is 18.1 Å². The first-order chi connectivity index (χ1) is 9.56. The fourth-order valence-corrected chi connectivity index (χ4v) is 2.87. The highest BCUT2D eigenvalue weighted by Crippen LogP contribution is 2.27. The fourth-order valence-electron chi connectivity index (χ4n) is 2.87. The second-order valence-electron chi connectivity index (χ2n) is 5.97. The summed E-state index contributed by atoms with van der Waals surface area (Å²) in [5.74, 6) is 0.766. The van der Waals surface area contributed by atoms with Crippen molar-refractivity contribution in [2.75, 3.05) is 6.54 Å². The molecule has 2 rings (SSSR count). The van der Waals surface area contributed by atoms with Crippen LogP contribution in [0, 0.1) is 5.92 Å². The van der Waals surface area contributed by atoms with Gasteiger partial charge < -0.3 is 4.90 Å². The van der Waals surface area contributed by atoms with Crippen LogP contribution in [0.4, 0.5) is 0 Å². The van der Waals surface area contributed by atoms with Gasteiger partial charge >= 0.3 is 0 Å². The molecule has 3 heteroatoms. The number of aryl methyl sites for hydroxylation is 1. The Morgan fingerprint density at radius 3 is 2.35 bits per heavy atom. The van der Waals surface area contributed by atoms with Crippen LogP contribution >= 0.6 is 0 Å². The van der Waals surface area contributed by atoms with E-state index in [1.807, 2.05) is 11.8 Å². The predicted molar refractivity (Wildman–Crippen MR) is 82.3 cm³/mol. The van der Waals surface area contributed by atoms with Crippen molar-refractivity contribution in [1.82, 2.24) is 10.2 Å². The zero-order valence-electron chi connectivity index (χ0n) is 13.0. The van der Waals surface area contributed by atoms with Crippen molar-refractivity contribution in [3.05, 3.63) is 35.4 Å². The van der Waals surface area contributed by atoms with Crippen LogP contribution in [0.15, 0.2) is 24.3 Å². The van der Waals surface area contributed by atoms with E-state index in [4.69, 9.17) is 0 Å². The first-order valence-electron chi connectivity index (χ1n) is 7.72. The molecule has 0 bridgehead atoms. The minimum absolute atomic E-state index is 0.0298. The highest BCUT2D eigenvalue weighted by molar-refractivity contribution is 5.84. The molecule has 20 heavy (non-hydrogen) atoms. The topological polar surface area (TPSA) is 32.3 Å². The molecule has 1 aromatic carbocycles. The van der Waals surface area contributed by atoms with Crippen molar-refractivity contribution in [1.29, 1.82) is 0 Å². The molecule has 1 N–H and O–H groups in total. The molecule has 1 fully saturated rings. The van der Waals surface area contributed by atoms with Gasteiger partial charge in [0.05, 0.1) is 6.04 Å². The molecule has 1 heterocycles. The number of likely N-dealkylation sites (N-methyl/N-ethyl adjacent to an activating group) is 1. The van der Waals surface area contributed by atoms with Crippen LogP contribution in [0.5, 0.6) is 0 Å². The van der Waals surface area contributed by atoms with Crippen LogP contribution in [0.2, 0.25) is 0 Å². The van der Waals surface area contributed by atoms with E-state index in [0.29, 0.717) is 5.92 Å². The summed E-state index contributed by atoms with van der Waals surface area (Å²) in [6, 6.07) is 8.57. The Morgan fingerprint density at radius 2 is 1.85 bits per heavy atom. The average molecular weight is 274 g/mol. The molecule has 1 amide bonds. The van der Waals surface area contributed by atoms with E-state index in [9.17, 15) is 4.79 Å². The Kier molecular flexibility index (Phi) is 4.81. The number of hydrogen-bond acceptors (Lipinski definition) is 2. The Balaban J connectivity index is 2.19. The zero-order chi connectivity index (χ0) is 14.7. The van der Waals surface area contributed by atoms with Crippen molar-refractivity contribution >= 4 is 5.91 Å². The summed E-state index contributed by atoms with van der Waals surface area (Å²) in [4.78, 5) is 14.4. The Labute approximate surface area is 122 Å². The largest absolute Gasteiger partial charge is 0.322 e. The van der Waals surface area contributed by atoms with Crippen molar-refractivity contribution in [2.45, 2.75) is 52.7 Å². The molecule has 2 atom stereocenters. The summed E-state index contributed by atoms with van der Waals surface area (Å²) < 4.78 is 0. The van der Waals surface area contributed by atoms with Crippen LogP contribution in [0.25, 0.3) is 0 Å². The van der Waals surface area contributed by atoms with Crippen molar-refractivity contribution in [3.63, 3.8) is 0 Å². The van der Waals surface area contributed by atoms with Gasteiger partial charge in [0.1, 0.15) is 6.17 Å². The van der Waals surface area contributed by atoms with E-state index in [1.165, 1.54) is 11.1 Å². The summed E-state index contributed by atoms with van der Waals surface area (Å²) in [6.07, 6.45) is 1.98. The second-order valence-corrected chi connectivity index (χ2v) is 5.97. The zero-order valence-corrected chi connectivity index (χ0v) is 13.0. The maximum Gasteiger partial charge on any atom is 0.241 e. The van der Waals surface area contributed by atoms with Crippen molar-refractivity contribution in [3.8, 4) is 0 Å². The quantitative estimate of drug-likeness (QED) is 0.894. The summed E-state index contributed by atoms with van der Waals surface area (Å²) >= 11 is 0. The van der Waals surface area contributed by atoms with Crippen molar-refractivity contribution in [2.24, 2.45) is 5.92 Å². The molecule has 1 saturated heterocycles. The highest BCUT2D eigenvalue weighted by atomic mass is 16.2. The van der Waals surface area contributed by atoms with Gasteiger partial charge in [0.2, 0.25) is 5.91 Å². The number of rotatable bonds is 5. The monoisotopic (exact) mass is 274 g/mol. The van der Waals surface area contributed by atoms with E-state index in [2.05, 4.69) is 50.4 Å². The average Bonchev–Trinajstić information content (AvgIpc) is 2.75. The maximum absolute atomic E-state index is 12.4. The predicted octanol–water partition coefficient (Wildman–Crippen LogP) is 3.11. The third-order valence-corrected chi connectivity index (χ3v) is 4.00. The molecule has 0 aliphatic carbocycles. The van der Waals surface area contributed by atoms with Gasteiger partial charge in [-0.25, -0.2) is 0 Å². The van der Waals surface area contributed by atoms with Gasteiger partial charge in [0, 0.05) is 6.54 Å². The van der Waals surface area contributed by atoms with Gasteiger partial charge in [-0.3, -0.25) is 10.1 Å². The molecule has 3 nitrogen and oxygen atoms in total. The molecular weight excluding hydrogens is 248 g/mol. The molecule has 2 unspecified atom stereocenters. The number of hydrogen-bond donors (Lipinski definition) is 1. The standard InChI is InChI=1S/C17H26N2O/c1-5-13-7-9-14(10-8-13)16-18-15(11-12(3)4)17(20)19(16)6-2/h7-10,12,15-16,18H,5-6,11H2,1-4H3. The first-order valence-corrected chi connectivity index (χ1v) is 7.72. The van der Waals surface area contributed by atoms with E-state index in [0.717, 1.165) is 19.4 Å². The normalized spacial score (nSPS) is 22.9. The molecule has 0 aromatic heterocycles. The third-order valence-electron chi connectivity index (χ3n) is 4.00. The number of benzene rings is 1. The lowest BCUT2D eigenvalue weighted by molar-refractivity contribution is -0.130. The minimum Gasteiger partial charge on any atom is -0.322 e. The summed E-state index contributed by atoms with van der Waals surface area (Å²) in [5, 5.41) is 3.50. The van der Waals surface area contributed by atoms with Gasteiger partial charge in [0.25, 0.3) is 0 Å². The van der Waals surface area contributed by atoms with Crippen LogP contribution in [-0.2, 0) is 11.2 Å². The number of carbonyl (C=O) groups is 1. The van der Waals surface area contributed by atoms with Gasteiger partial charge in [-0.1, -0.05) is 45.0 Å². The first kappa shape index (κ1) is 15.0. The SMILES string of the molecule is CCc1ccc(C2NC(CC(C)C)C(=O)N2CC)cc1. The lowest BCUT2D eigenvalue weighted by Crippen LogP contribution is -2.31. The van der Waals surface area contributed by atoms with E-state index < -0.39 is 0 Å². The molecule has 0 spiro atoms. The number of amides is 1. The van der Waals surface area contributed by atoms with Crippen LogP contribution in [0.1, 0.15) is 51.4 Å². The Hall–Kier alpha value is -1.35. The molecule has 1 aromatic rings. The maximum atomic E-state index is 12.4. The van der Waals surface area contributed by atoms with Gasteiger partial charge in [-0.15, -0.1) is 0 Å². The number of nitrogens with one attached hydrogen (secondary N) is 1. The summed E-state index contributed by atoms with van der Waals surface area (Å²) in [7, 11) is 0. The summed E-state index contributed by atoms with van der Waals surface area (Å²) in [5.41, 5.74) is 2.52. The molecule has 110 valence electrons. The van der Waals surface area contributed by atoms with Crippen LogP contribution in [-0.4, -0.2) is 23.4 Å². The molecule has 1 aliphatic heterocycles. The lowest BCUT2D eigenvalue weighted by atomic mass is 10.0. The lowest BCUT2D eigenvalue weighted by Gasteiger charge is -2.23. The smallest absolute Gasteiger partial charge is 0.241 e. The molecular formula is C17H26N2O. The van der Waals surface area contributed by atoms with Gasteiger partial charge in [-0.2, -0.15) is 0 Å². The Bertz CT molecular complexity index is 453. The van der Waals surface area contributed by atoms with Gasteiger partial charge in [0.15, 0.2) is 0 Å². The second kappa shape index (κ2) is 6.40. The highest BCUT2D eigenvalue weighted by Gasteiger charge is 2.38. The number of nitrogens with zero attached hydrogens (tertiary/aromatic N) is 1. The van der Waals surface area contributed by atoms with Crippen LogP contribution in [0.3, 0.4) is 0 Å². The third kappa shape index (κ3) is 3.04. The van der Waals surface area contributed by atoms with E-state index >= 15 is 0 Å². The molecule has 0 radical (unpaired) electrons. The minimum atomic E-state index is -0.0363. The summed E-state index contributed by atoms with van der Waals surface area (Å²) in [6.45, 7) is 9.28. The number of carbonyl (C=O) groups excluding carboxylic acids is 1. The van der Waals surface area contributed by atoms with Crippen LogP contribution < -0.4 is 5.32 Å². The fraction of sp³-hybridized carbons (Fsp3) is 0.588. The van der Waals surface area contributed by atoms with Crippen molar-refractivity contribution < 1.29 is 4.79 Å². The van der Waals surface area contributed by atoms with Gasteiger partial charge in [-0.05, 0) is 36.8 Å². The molecule has 0 saturated carbocycles.